The van der Waals surface area contributed by atoms with E-state index in [1.54, 1.807) is 41.5 Å². The number of anilines is 1. The third-order valence-corrected chi connectivity index (χ3v) is 6.17. The Labute approximate surface area is 260 Å². The van der Waals surface area contributed by atoms with E-state index in [1.165, 1.54) is 36.4 Å². The average Bonchev–Trinajstić information content (AvgIpc) is 3.00. The fourth-order valence-electron chi connectivity index (χ4n) is 4.50. The Balaban J connectivity index is 2.34. The van der Waals surface area contributed by atoms with Crippen molar-refractivity contribution in [3.63, 3.8) is 0 Å². The first-order valence-electron chi connectivity index (χ1n) is 14.7. The number of carbonyl (C=O) groups is 2. The number of ether oxygens (including phenoxy) is 6. The first kappa shape index (κ1) is 34.9. The number of alkyl halides is 3. The van der Waals surface area contributed by atoms with E-state index in [4.69, 9.17) is 28.4 Å². The quantitative estimate of drug-likeness (QED) is 0.158. The molecule has 0 atom stereocenters. The van der Waals surface area contributed by atoms with E-state index < -0.39 is 29.2 Å². The van der Waals surface area contributed by atoms with Gasteiger partial charge in [-0.05, 0) is 77.9 Å². The second-order valence-electron chi connectivity index (χ2n) is 9.16. The van der Waals surface area contributed by atoms with Gasteiger partial charge in [0, 0.05) is 11.1 Å². The molecule has 0 saturated heterocycles. The highest BCUT2D eigenvalue weighted by molar-refractivity contribution is 6.26. The molecule has 0 fully saturated rings. The molecule has 2 amide bonds. The molecule has 0 N–H and O–H groups in total. The Morgan fingerprint density at radius 2 is 0.911 bits per heavy atom. The summed E-state index contributed by atoms with van der Waals surface area (Å²) in [7, 11) is 0. The molecule has 3 aromatic carbocycles. The van der Waals surface area contributed by atoms with Crippen molar-refractivity contribution in [1.82, 2.24) is 0 Å². The van der Waals surface area contributed by atoms with Gasteiger partial charge in [0.15, 0.2) is 23.0 Å². The summed E-state index contributed by atoms with van der Waals surface area (Å²) in [6.45, 7) is 11.6. The molecule has 0 saturated carbocycles. The van der Waals surface area contributed by atoms with Gasteiger partial charge in [-0.25, -0.2) is 4.90 Å². The van der Waals surface area contributed by atoms with Gasteiger partial charge in [0.25, 0.3) is 11.8 Å². The molecular weight excluding hydrogens is 595 g/mol. The van der Waals surface area contributed by atoms with Crippen molar-refractivity contribution in [3.05, 3.63) is 65.2 Å². The summed E-state index contributed by atoms with van der Waals surface area (Å²) >= 11 is 0. The summed E-state index contributed by atoms with van der Waals surface area (Å²) in [5, 5.41) is 0. The van der Waals surface area contributed by atoms with E-state index in [1.807, 2.05) is 0 Å². The van der Waals surface area contributed by atoms with Crippen LogP contribution in [0, 0.1) is 0 Å². The molecule has 0 aliphatic rings. The molecule has 9 nitrogen and oxygen atoms in total. The monoisotopic (exact) mass is 633 g/mol. The topological polar surface area (TPSA) is 92.8 Å². The summed E-state index contributed by atoms with van der Waals surface area (Å²) in [6, 6.07) is 9.58. The second-order valence-corrected chi connectivity index (χ2v) is 9.16. The number of halogens is 3. The molecule has 0 aliphatic heterocycles. The SMILES string of the molecule is CCOc1cc(C(=O)N(C(=O)c2cc(OCC)c(OCC)c(OCC)c2)c2ccccc2C(F)(F)F)cc(OCC)c1OCC. The van der Waals surface area contributed by atoms with Crippen LogP contribution >= 0.6 is 0 Å². The van der Waals surface area contributed by atoms with Crippen LogP contribution in [0.5, 0.6) is 34.5 Å². The zero-order chi connectivity index (χ0) is 33.1. The van der Waals surface area contributed by atoms with Crippen LogP contribution in [0.15, 0.2) is 48.5 Å². The summed E-state index contributed by atoms with van der Waals surface area (Å²) in [5.41, 5.74) is -2.20. The molecule has 0 heterocycles. The van der Waals surface area contributed by atoms with Crippen LogP contribution in [0.25, 0.3) is 0 Å². The molecule has 0 unspecified atom stereocenters. The van der Waals surface area contributed by atoms with Gasteiger partial charge in [-0.3, -0.25) is 9.59 Å². The van der Waals surface area contributed by atoms with Crippen molar-refractivity contribution in [2.75, 3.05) is 44.5 Å². The van der Waals surface area contributed by atoms with E-state index in [-0.39, 0.29) is 85.3 Å². The minimum atomic E-state index is -4.90. The maximum Gasteiger partial charge on any atom is 0.418 e. The minimum absolute atomic E-state index is 0.128. The number of hydrogen-bond donors (Lipinski definition) is 0. The van der Waals surface area contributed by atoms with E-state index in [9.17, 15) is 22.8 Å². The van der Waals surface area contributed by atoms with E-state index in [0.29, 0.717) is 4.90 Å². The molecule has 0 aliphatic carbocycles. The number of nitrogens with zero attached hydrogens (tertiary/aromatic N) is 1. The van der Waals surface area contributed by atoms with Crippen LogP contribution in [0.3, 0.4) is 0 Å². The van der Waals surface area contributed by atoms with Crippen LogP contribution in [-0.4, -0.2) is 51.5 Å². The van der Waals surface area contributed by atoms with Crippen LogP contribution in [0.2, 0.25) is 0 Å². The van der Waals surface area contributed by atoms with E-state index in [2.05, 4.69) is 0 Å². The van der Waals surface area contributed by atoms with Crippen molar-refractivity contribution < 1.29 is 51.2 Å². The Morgan fingerprint density at radius 3 is 1.22 bits per heavy atom. The van der Waals surface area contributed by atoms with Gasteiger partial charge in [-0.1, -0.05) is 12.1 Å². The first-order valence-corrected chi connectivity index (χ1v) is 14.7. The van der Waals surface area contributed by atoms with Crippen molar-refractivity contribution in [2.45, 2.75) is 47.7 Å². The minimum Gasteiger partial charge on any atom is -0.490 e. The lowest BCUT2D eigenvalue weighted by molar-refractivity contribution is -0.137. The van der Waals surface area contributed by atoms with E-state index >= 15 is 0 Å². The lowest BCUT2D eigenvalue weighted by Crippen LogP contribution is -2.38. The maximum absolute atomic E-state index is 14.3. The number of imide groups is 1. The van der Waals surface area contributed by atoms with Crippen molar-refractivity contribution in [1.29, 1.82) is 0 Å². The lowest BCUT2D eigenvalue weighted by atomic mass is 10.1. The van der Waals surface area contributed by atoms with Gasteiger partial charge < -0.3 is 28.4 Å². The van der Waals surface area contributed by atoms with Crippen LogP contribution < -0.4 is 33.3 Å². The summed E-state index contributed by atoms with van der Waals surface area (Å²) < 4.78 is 77.2. The Morgan fingerprint density at radius 1 is 0.578 bits per heavy atom. The van der Waals surface area contributed by atoms with Gasteiger partial charge in [0.05, 0.1) is 50.9 Å². The molecule has 0 aromatic heterocycles. The largest absolute Gasteiger partial charge is 0.490 e. The number of para-hydroxylation sites is 1. The molecule has 0 radical (unpaired) electrons. The normalized spacial score (nSPS) is 11.0. The highest BCUT2D eigenvalue weighted by atomic mass is 19.4. The van der Waals surface area contributed by atoms with Crippen LogP contribution in [0.4, 0.5) is 18.9 Å². The number of carbonyl (C=O) groups excluding carboxylic acids is 2. The number of benzene rings is 3. The van der Waals surface area contributed by atoms with Crippen molar-refractivity contribution in [3.8, 4) is 34.5 Å². The summed E-state index contributed by atoms with van der Waals surface area (Å²) in [5.74, 6) is -1.17. The zero-order valence-corrected chi connectivity index (χ0v) is 26.2. The number of amides is 2. The van der Waals surface area contributed by atoms with Gasteiger partial charge in [0.1, 0.15) is 0 Å². The van der Waals surface area contributed by atoms with Gasteiger partial charge in [-0.15, -0.1) is 0 Å². The molecule has 3 aromatic rings. The fourth-order valence-corrected chi connectivity index (χ4v) is 4.50. The Bertz CT molecular complexity index is 1340. The first-order chi connectivity index (χ1) is 21.6. The lowest BCUT2D eigenvalue weighted by Gasteiger charge is -2.26. The molecular formula is C33H38F3NO8. The molecule has 244 valence electrons. The smallest absolute Gasteiger partial charge is 0.418 e. The maximum atomic E-state index is 14.3. The highest BCUT2D eigenvalue weighted by Gasteiger charge is 2.39. The third kappa shape index (κ3) is 8.11. The molecule has 3 rings (SSSR count). The Hall–Kier alpha value is -4.61. The van der Waals surface area contributed by atoms with Crippen LogP contribution in [0.1, 0.15) is 67.8 Å². The second kappa shape index (κ2) is 15.9. The number of hydrogen-bond acceptors (Lipinski definition) is 8. The standard InChI is InChI=1S/C33H38F3NO8/c1-7-40-25-17-21(18-26(41-8-2)29(25)44-11-5)31(38)37(24-16-14-13-15-23(24)33(34,35)36)32(39)22-19-27(42-9-3)30(45-12-6)28(20-22)43-10-4/h13-20H,7-12H2,1-6H3. The molecule has 0 spiro atoms. The van der Waals surface area contributed by atoms with Crippen molar-refractivity contribution in [2.24, 2.45) is 0 Å². The van der Waals surface area contributed by atoms with Crippen LogP contribution in [-0.2, 0) is 6.18 Å². The van der Waals surface area contributed by atoms with Gasteiger partial charge in [-0.2, -0.15) is 13.2 Å². The zero-order valence-electron chi connectivity index (χ0n) is 26.2. The van der Waals surface area contributed by atoms with Gasteiger partial charge >= 0.3 is 6.18 Å². The number of rotatable bonds is 15. The molecule has 45 heavy (non-hydrogen) atoms. The fraction of sp³-hybridized carbons (Fsp3) is 0.394. The predicted molar refractivity (Wildman–Crippen MR) is 162 cm³/mol. The molecule has 12 heteroatoms. The Kier molecular flexibility index (Phi) is 12.3. The average molecular weight is 634 g/mol. The third-order valence-electron chi connectivity index (χ3n) is 6.17. The predicted octanol–water partition coefficient (Wildman–Crippen LogP) is 7.58. The highest BCUT2D eigenvalue weighted by Crippen LogP contribution is 2.43. The molecule has 0 bridgehead atoms. The summed E-state index contributed by atoms with van der Waals surface area (Å²) in [4.78, 5) is 29.1. The van der Waals surface area contributed by atoms with Gasteiger partial charge in [0.2, 0.25) is 11.5 Å². The van der Waals surface area contributed by atoms with Crippen molar-refractivity contribution >= 4 is 17.5 Å². The van der Waals surface area contributed by atoms with E-state index in [0.717, 1.165) is 12.1 Å². The summed E-state index contributed by atoms with van der Waals surface area (Å²) in [6.07, 6.45) is -4.90.